The summed E-state index contributed by atoms with van der Waals surface area (Å²) in [6.45, 7) is 6.75. The summed E-state index contributed by atoms with van der Waals surface area (Å²) >= 11 is 6.44. The summed E-state index contributed by atoms with van der Waals surface area (Å²) in [5, 5.41) is 0.922. The molecule has 3 heterocycles. The molecule has 8 heteroatoms. The quantitative estimate of drug-likeness (QED) is 0.355. The third-order valence-electron chi connectivity index (χ3n) is 5.88. The van der Waals surface area contributed by atoms with Gasteiger partial charge in [0, 0.05) is 6.54 Å². The van der Waals surface area contributed by atoms with E-state index in [0.29, 0.717) is 51.3 Å². The minimum atomic E-state index is -0.105. The molecule has 3 aromatic heterocycles. The Balaban J connectivity index is 1.91. The summed E-state index contributed by atoms with van der Waals surface area (Å²) in [7, 11) is 1.57. The maximum atomic E-state index is 13.7. The largest absolute Gasteiger partial charge is 0.495 e. The molecule has 0 fully saturated rings. The molecule has 0 amide bonds. The molecule has 0 spiro atoms. The Hall–Kier alpha value is -3.45. The standard InChI is InChI=1S/C25H24ClN5O2/c1-14(2)11-12-30-15(3)27-23-21(25(30)32)22-24(29-19-8-6-5-7-18(19)28-22)31(23)16-9-10-20(33-4)17(26)13-16/h5-10,13-14H,11-12H2,1-4H3. The fourth-order valence-electron chi connectivity index (χ4n) is 4.12. The van der Waals surface area contributed by atoms with Crippen molar-refractivity contribution in [1.82, 2.24) is 24.1 Å². The van der Waals surface area contributed by atoms with Crippen LogP contribution in [-0.4, -0.2) is 31.2 Å². The van der Waals surface area contributed by atoms with Gasteiger partial charge in [-0.15, -0.1) is 0 Å². The lowest BCUT2D eigenvalue weighted by Crippen LogP contribution is -2.24. The topological polar surface area (TPSA) is 74.8 Å². The average Bonchev–Trinajstić information content (AvgIpc) is 3.09. The molecule has 0 radical (unpaired) electrons. The monoisotopic (exact) mass is 461 g/mol. The predicted molar refractivity (Wildman–Crippen MR) is 132 cm³/mol. The van der Waals surface area contributed by atoms with Gasteiger partial charge in [-0.3, -0.25) is 13.9 Å². The maximum absolute atomic E-state index is 13.7. The van der Waals surface area contributed by atoms with Crippen LogP contribution in [0.3, 0.4) is 0 Å². The zero-order valence-corrected chi connectivity index (χ0v) is 19.7. The van der Waals surface area contributed by atoms with E-state index in [1.165, 1.54) is 0 Å². The van der Waals surface area contributed by atoms with Crippen LogP contribution >= 0.6 is 11.6 Å². The van der Waals surface area contributed by atoms with Crippen LogP contribution in [0.15, 0.2) is 47.3 Å². The zero-order chi connectivity index (χ0) is 23.3. The first-order valence-corrected chi connectivity index (χ1v) is 11.3. The minimum absolute atomic E-state index is 0.105. The number of halogens is 1. The van der Waals surface area contributed by atoms with Crippen LogP contribution in [0.1, 0.15) is 26.1 Å². The van der Waals surface area contributed by atoms with Crippen molar-refractivity contribution >= 4 is 44.8 Å². The molecule has 168 valence electrons. The van der Waals surface area contributed by atoms with Crippen LogP contribution in [0.2, 0.25) is 5.02 Å². The number of benzene rings is 2. The van der Waals surface area contributed by atoms with Gasteiger partial charge >= 0.3 is 0 Å². The van der Waals surface area contributed by atoms with E-state index in [1.807, 2.05) is 41.8 Å². The van der Waals surface area contributed by atoms with E-state index in [-0.39, 0.29) is 5.56 Å². The SMILES string of the molecule is COc1ccc(-n2c3nc4ccccc4nc3c3c(=O)n(CCC(C)C)c(C)nc32)cc1Cl. The average molecular weight is 462 g/mol. The molecule has 0 saturated carbocycles. The van der Waals surface area contributed by atoms with E-state index in [0.717, 1.165) is 23.1 Å². The fourth-order valence-corrected chi connectivity index (χ4v) is 4.37. The summed E-state index contributed by atoms with van der Waals surface area (Å²) in [5.74, 6) is 1.69. The van der Waals surface area contributed by atoms with Gasteiger partial charge in [0.2, 0.25) is 0 Å². The number of fused-ring (bicyclic) bond motifs is 4. The lowest BCUT2D eigenvalue weighted by atomic mass is 10.1. The van der Waals surface area contributed by atoms with Crippen LogP contribution in [-0.2, 0) is 6.54 Å². The molecule has 0 aliphatic heterocycles. The van der Waals surface area contributed by atoms with E-state index in [4.69, 9.17) is 31.3 Å². The van der Waals surface area contributed by atoms with E-state index in [9.17, 15) is 4.79 Å². The lowest BCUT2D eigenvalue weighted by Gasteiger charge is -2.12. The normalized spacial score (nSPS) is 11.8. The first-order chi connectivity index (χ1) is 15.9. The van der Waals surface area contributed by atoms with Gasteiger partial charge in [-0.1, -0.05) is 37.6 Å². The fraction of sp³-hybridized carbons (Fsp3) is 0.280. The zero-order valence-electron chi connectivity index (χ0n) is 19.0. The number of methoxy groups -OCH3 is 1. The van der Waals surface area contributed by atoms with Crippen molar-refractivity contribution in [2.45, 2.75) is 33.7 Å². The van der Waals surface area contributed by atoms with Crippen molar-refractivity contribution in [1.29, 1.82) is 0 Å². The van der Waals surface area contributed by atoms with Crippen LogP contribution in [0.4, 0.5) is 0 Å². The van der Waals surface area contributed by atoms with Crippen molar-refractivity contribution in [3.8, 4) is 11.4 Å². The molecule has 0 atom stereocenters. The Morgan fingerprint density at radius 3 is 2.42 bits per heavy atom. The second kappa shape index (κ2) is 8.15. The Kier molecular flexibility index (Phi) is 5.29. The van der Waals surface area contributed by atoms with Crippen molar-refractivity contribution in [2.75, 3.05) is 7.11 Å². The van der Waals surface area contributed by atoms with Gasteiger partial charge in [-0.25, -0.2) is 15.0 Å². The summed E-state index contributed by atoms with van der Waals surface area (Å²) in [6.07, 6.45) is 0.884. The summed E-state index contributed by atoms with van der Waals surface area (Å²) in [4.78, 5) is 28.3. The van der Waals surface area contributed by atoms with Crippen molar-refractivity contribution in [3.63, 3.8) is 0 Å². The third kappa shape index (κ3) is 3.53. The van der Waals surface area contributed by atoms with Crippen LogP contribution in [0.5, 0.6) is 5.75 Å². The Morgan fingerprint density at radius 2 is 1.76 bits per heavy atom. The van der Waals surface area contributed by atoms with Crippen LogP contribution in [0, 0.1) is 12.8 Å². The van der Waals surface area contributed by atoms with Crippen molar-refractivity contribution in [2.24, 2.45) is 5.92 Å². The molecule has 0 saturated heterocycles. The summed E-state index contributed by atoms with van der Waals surface area (Å²) in [6, 6.07) is 13.1. The highest BCUT2D eigenvalue weighted by Crippen LogP contribution is 2.32. The number of aromatic nitrogens is 5. The third-order valence-corrected chi connectivity index (χ3v) is 6.17. The molecule has 0 bridgehead atoms. The van der Waals surface area contributed by atoms with Gasteiger partial charge in [0.15, 0.2) is 11.3 Å². The number of aryl methyl sites for hydroxylation is 1. The van der Waals surface area contributed by atoms with Gasteiger partial charge in [0.25, 0.3) is 5.56 Å². The molecule has 5 aromatic rings. The Morgan fingerprint density at radius 1 is 1.03 bits per heavy atom. The Bertz CT molecular complexity index is 1590. The van der Waals surface area contributed by atoms with Gasteiger partial charge in [-0.2, -0.15) is 0 Å². The highest BCUT2D eigenvalue weighted by Gasteiger charge is 2.22. The molecule has 7 nitrogen and oxygen atoms in total. The van der Waals surface area contributed by atoms with Gasteiger partial charge < -0.3 is 4.74 Å². The van der Waals surface area contributed by atoms with E-state index >= 15 is 0 Å². The number of para-hydroxylation sites is 2. The van der Waals surface area contributed by atoms with Crippen LogP contribution in [0.25, 0.3) is 38.9 Å². The number of nitrogens with zero attached hydrogens (tertiary/aromatic N) is 5. The molecule has 2 aromatic carbocycles. The van der Waals surface area contributed by atoms with E-state index in [1.54, 1.807) is 23.8 Å². The van der Waals surface area contributed by atoms with E-state index < -0.39 is 0 Å². The summed E-state index contributed by atoms with van der Waals surface area (Å²) in [5.41, 5.74) is 3.71. The summed E-state index contributed by atoms with van der Waals surface area (Å²) < 4.78 is 8.91. The van der Waals surface area contributed by atoms with E-state index in [2.05, 4.69) is 13.8 Å². The first-order valence-electron chi connectivity index (χ1n) is 10.9. The molecule has 0 aliphatic carbocycles. The van der Waals surface area contributed by atoms with Crippen molar-refractivity contribution in [3.05, 3.63) is 63.7 Å². The number of rotatable bonds is 5. The first kappa shape index (κ1) is 21.4. The second-order valence-corrected chi connectivity index (χ2v) is 8.94. The molecular formula is C25H24ClN5O2. The van der Waals surface area contributed by atoms with Gasteiger partial charge in [0.05, 0.1) is 28.9 Å². The highest BCUT2D eigenvalue weighted by molar-refractivity contribution is 6.32. The predicted octanol–water partition coefficient (Wildman–Crippen LogP) is 5.30. The van der Waals surface area contributed by atoms with Crippen molar-refractivity contribution < 1.29 is 4.74 Å². The molecule has 0 N–H and O–H groups in total. The number of hydrogen-bond acceptors (Lipinski definition) is 5. The smallest absolute Gasteiger partial charge is 0.265 e. The molecule has 5 rings (SSSR count). The van der Waals surface area contributed by atoms with Gasteiger partial charge in [-0.05, 0) is 49.6 Å². The number of ether oxygens (including phenoxy) is 1. The molecule has 0 unspecified atom stereocenters. The molecule has 0 aliphatic rings. The molecule has 33 heavy (non-hydrogen) atoms. The minimum Gasteiger partial charge on any atom is -0.495 e. The second-order valence-electron chi connectivity index (χ2n) is 8.54. The maximum Gasteiger partial charge on any atom is 0.265 e. The van der Waals surface area contributed by atoms with Gasteiger partial charge in [0.1, 0.15) is 22.5 Å². The Labute approximate surface area is 195 Å². The molecular weight excluding hydrogens is 438 g/mol. The van der Waals surface area contributed by atoms with Crippen LogP contribution < -0.4 is 10.3 Å². The number of hydrogen-bond donors (Lipinski definition) is 0. The lowest BCUT2D eigenvalue weighted by molar-refractivity contribution is 0.415. The highest BCUT2D eigenvalue weighted by atomic mass is 35.5.